The number of Topliss-reactive ketones (excluding diaryl/α,β-unsaturated/α-hetero) is 1. The molecule has 1 saturated carbocycles. The largest absolute Gasteiger partial charge is 0.411 e. The van der Waals surface area contributed by atoms with Crippen molar-refractivity contribution >= 4 is 5.78 Å². The third-order valence-corrected chi connectivity index (χ3v) is 2.04. The molecule has 0 spiro atoms. The quantitative estimate of drug-likeness (QED) is 0.685. The predicted octanol–water partition coefficient (Wildman–Crippen LogP) is 1.79. The van der Waals surface area contributed by atoms with Crippen molar-refractivity contribution < 1.29 is 22.7 Å². The Balaban J connectivity index is 2.07. The van der Waals surface area contributed by atoms with Gasteiger partial charge in [0.2, 0.25) is 0 Å². The summed E-state index contributed by atoms with van der Waals surface area (Å²) in [5.74, 6) is -0.00584. The summed E-state index contributed by atoms with van der Waals surface area (Å²) in [6.07, 6.45) is -3.59. The Morgan fingerprint density at radius 1 is 1.54 bits per heavy atom. The third-order valence-electron chi connectivity index (χ3n) is 2.04. The average Bonchev–Trinajstić information content (AvgIpc) is 2.63. The first-order valence-corrected chi connectivity index (χ1v) is 4.05. The summed E-state index contributed by atoms with van der Waals surface area (Å²) in [5, 5.41) is 0. The van der Waals surface area contributed by atoms with E-state index < -0.39 is 12.8 Å². The lowest BCUT2D eigenvalue weighted by molar-refractivity contribution is -0.175. The lowest BCUT2D eigenvalue weighted by atomic mass is 10.2. The van der Waals surface area contributed by atoms with Gasteiger partial charge in [-0.05, 0) is 19.3 Å². The second kappa shape index (κ2) is 3.65. The van der Waals surface area contributed by atoms with E-state index in [0.717, 1.165) is 0 Å². The van der Waals surface area contributed by atoms with Crippen LogP contribution in [-0.2, 0) is 9.53 Å². The molecule has 0 amide bonds. The zero-order valence-corrected chi connectivity index (χ0v) is 7.23. The van der Waals surface area contributed by atoms with Crippen LogP contribution in [0.5, 0.6) is 0 Å². The van der Waals surface area contributed by atoms with E-state index in [2.05, 4.69) is 4.74 Å². The summed E-state index contributed by atoms with van der Waals surface area (Å²) in [5.41, 5.74) is 0. The molecule has 1 rings (SSSR count). The molecule has 76 valence electrons. The van der Waals surface area contributed by atoms with Crippen LogP contribution in [0.1, 0.15) is 13.3 Å². The molecule has 2 nitrogen and oxygen atoms in total. The van der Waals surface area contributed by atoms with Gasteiger partial charge in [0.05, 0.1) is 6.61 Å². The maximum absolute atomic E-state index is 11.6. The van der Waals surface area contributed by atoms with E-state index in [-0.39, 0.29) is 24.2 Å². The number of carbonyl (C=O) groups is 1. The fraction of sp³-hybridized carbons (Fsp3) is 0.875. The normalized spacial score (nSPS) is 27.4. The minimum atomic E-state index is -4.26. The van der Waals surface area contributed by atoms with Crippen molar-refractivity contribution in [1.82, 2.24) is 0 Å². The number of rotatable bonds is 4. The van der Waals surface area contributed by atoms with Gasteiger partial charge in [0, 0.05) is 5.92 Å². The molecule has 13 heavy (non-hydrogen) atoms. The summed E-state index contributed by atoms with van der Waals surface area (Å²) < 4.78 is 39.2. The van der Waals surface area contributed by atoms with E-state index in [1.54, 1.807) is 0 Å². The van der Waals surface area contributed by atoms with Crippen molar-refractivity contribution in [3.8, 4) is 0 Å². The highest BCUT2D eigenvalue weighted by Crippen LogP contribution is 2.39. The van der Waals surface area contributed by atoms with Gasteiger partial charge in [-0.1, -0.05) is 0 Å². The van der Waals surface area contributed by atoms with Crippen LogP contribution >= 0.6 is 0 Å². The number of ether oxygens (including phenoxy) is 1. The van der Waals surface area contributed by atoms with Gasteiger partial charge in [-0.15, -0.1) is 0 Å². The van der Waals surface area contributed by atoms with Crippen LogP contribution < -0.4 is 0 Å². The van der Waals surface area contributed by atoms with Crippen LogP contribution in [0.3, 0.4) is 0 Å². The zero-order valence-electron chi connectivity index (χ0n) is 7.23. The monoisotopic (exact) mass is 196 g/mol. The fourth-order valence-electron chi connectivity index (χ4n) is 1.26. The van der Waals surface area contributed by atoms with Crippen molar-refractivity contribution in [2.45, 2.75) is 19.5 Å². The van der Waals surface area contributed by atoms with E-state index >= 15 is 0 Å². The average molecular weight is 196 g/mol. The number of alkyl halides is 3. The number of hydrogen-bond acceptors (Lipinski definition) is 2. The van der Waals surface area contributed by atoms with E-state index in [0.29, 0.717) is 6.42 Å². The van der Waals surface area contributed by atoms with Gasteiger partial charge in [-0.25, -0.2) is 0 Å². The molecule has 0 aromatic heterocycles. The molecule has 1 fully saturated rings. The van der Waals surface area contributed by atoms with Crippen molar-refractivity contribution in [2.75, 3.05) is 13.2 Å². The molecule has 5 heteroatoms. The van der Waals surface area contributed by atoms with Gasteiger partial charge in [0.25, 0.3) is 0 Å². The van der Waals surface area contributed by atoms with E-state index in [1.807, 2.05) is 0 Å². The standard InChI is InChI=1S/C8H11F3O2/c1-5(12)7-2-6(7)3-13-4-8(9,10)11/h6-7H,2-4H2,1H3/t6-,7-/m0/s1. The molecule has 0 bridgehead atoms. The first kappa shape index (κ1) is 10.5. The molecule has 0 aromatic carbocycles. The molecule has 0 aliphatic heterocycles. The highest BCUT2D eigenvalue weighted by molar-refractivity contribution is 5.81. The molecule has 0 saturated heterocycles. The van der Waals surface area contributed by atoms with Gasteiger partial charge in [0.15, 0.2) is 0 Å². The minimum absolute atomic E-state index is 0.0137. The molecule has 1 aliphatic carbocycles. The number of carbonyl (C=O) groups excluding carboxylic acids is 1. The fourth-order valence-corrected chi connectivity index (χ4v) is 1.26. The topological polar surface area (TPSA) is 26.3 Å². The van der Waals surface area contributed by atoms with Crippen LogP contribution in [0.2, 0.25) is 0 Å². The van der Waals surface area contributed by atoms with Crippen LogP contribution in [0.25, 0.3) is 0 Å². The lowest BCUT2D eigenvalue weighted by Gasteiger charge is -2.06. The minimum Gasteiger partial charge on any atom is -0.372 e. The molecule has 0 N–H and O–H groups in total. The Kier molecular flexibility index (Phi) is 2.95. The Morgan fingerprint density at radius 3 is 2.54 bits per heavy atom. The van der Waals surface area contributed by atoms with Gasteiger partial charge in [-0.2, -0.15) is 13.2 Å². The van der Waals surface area contributed by atoms with Crippen LogP contribution in [-0.4, -0.2) is 25.2 Å². The van der Waals surface area contributed by atoms with Crippen LogP contribution in [0.15, 0.2) is 0 Å². The summed E-state index contributed by atoms with van der Waals surface area (Å²) in [7, 11) is 0. The zero-order chi connectivity index (χ0) is 10.1. The molecule has 0 aromatic rings. The third kappa shape index (κ3) is 3.76. The van der Waals surface area contributed by atoms with E-state index in [9.17, 15) is 18.0 Å². The second-order valence-corrected chi connectivity index (χ2v) is 3.34. The van der Waals surface area contributed by atoms with Crippen LogP contribution in [0, 0.1) is 11.8 Å². The van der Waals surface area contributed by atoms with Gasteiger partial charge < -0.3 is 4.74 Å². The first-order valence-electron chi connectivity index (χ1n) is 4.05. The first-order chi connectivity index (χ1) is 5.90. The Bertz CT molecular complexity index is 200. The molecule has 1 aliphatic rings. The molecule has 2 atom stereocenters. The Morgan fingerprint density at radius 2 is 2.15 bits per heavy atom. The summed E-state index contributed by atoms with van der Waals surface area (Å²) >= 11 is 0. The highest BCUT2D eigenvalue weighted by atomic mass is 19.4. The van der Waals surface area contributed by atoms with Crippen LogP contribution in [0.4, 0.5) is 13.2 Å². The van der Waals surface area contributed by atoms with Crippen molar-refractivity contribution in [1.29, 1.82) is 0 Å². The summed E-state index contributed by atoms with van der Waals surface area (Å²) in [4.78, 5) is 10.7. The lowest BCUT2D eigenvalue weighted by Crippen LogP contribution is -2.18. The molecular weight excluding hydrogens is 185 g/mol. The van der Waals surface area contributed by atoms with Gasteiger partial charge in [-0.3, -0.25) is 4.79 Å². The van der Waals surface area contributed by atoms with Crippen molar-refractivity contribution in [3.05, 3.63) is 0 Å². The van der Waals surface area contributed by atoms with E-state index in [4.69, 9.17) is 0 Å². The number of hydrogen-bond donors (Lipinski definition) is 0. The van der Waals surface area contributed by atoms with Gasteiger partial charge in [0.1, 0.15) is 12.4 Å². The summed E-state index contributed by atoms with van der Waals surface area (Å²) in [6.45, 7) is 0.284. The highest BCUT2D eigenvalue weighted by Gasteiger charge is 2.41. The Labute approximate surface area is 74.1 Å². The number of halogens is 3. The SMILES string of the molecule is CC(=O)[C@@H]1C[C@H]1COCC(F)(F)F. The smallest absolute Gasteiger partial charge is 0.372 e. The predicted molar refractivity (Wildman–Crippen MR) is 39.2 cm³/mol. The Hall–Kier alpha value is -0.580. The maximum Gasteiger partial charge on any atom is 0.411 e. The van der Waals surface area contributed by atoms with Crippen molar-refractivity contribution in [3.63, 3.8) is 0 Å². The molecule has 0 unspecified atom stereocenters. The second-order valence-electron chi connectivity index (χ2n) is 3.34. The summed E-state index contributed by atoms with van der Waals surface area (Å²) in [6, 6.07) is 0. The number of ketones is 1. The van der Waals surface area contributed by atoms with Crippen molar-refractivity contribution in [2.24, 2.45) is 11.8 Å². The maximum atomic E-state index is 11.6. The molecular formula is C8H11F3O2. The molecule has 0 radical (unpaired) electrons. The molecule has 0 heterocycles. The van der Waals surface area contributed by atoms with Gasteiger partial charge >= 0.3 is 6.18 Å². The van der Waals surface area contributed by atoms with E-state index in [1.165, 1.54) is 6.92 Å².